The van der Waals surface area contributed by atoms with E-state index in [0.717, 1.165) is 51.3 Å². The molecule has 4 aromatic carbocycles. The minimum Gasteiger partial charge on any atom is -0.406 e. The van der Waals surface area contributed by atoms with Crippen LogP contribution in [0.3, 0.4) is 0 Å². The van der Waals surface area contributed by atoms with Crippen LogP contribution in [0.1, 0.15) is 90.9 Å². The summed E-state index contributed by atoms with van der Waals surface area (Å²) in [4.78, 5) is 14.7. The van der Waals surface area contributed by atoms with Gasteiger partial charge < -0.3 is 14.9 Å². The van der Waals surface area contributed by atoms with Gasteiger partial charge in [-0.3, -0.25) is 4.79 Å². The molecule has 2 bridgehead atoms. The van der Waals surface area contributed by atoms with Gasteiger partial charge in [-0.25, -0.2) is 8.42 Å². The van der Waals surface area contributed by atoms with Gasteiger partial charge in [-0.05, 0) is 115 Å². The lowest BCUT2D eigenvalue weighted by Crippen LogP contribution is -2.53. The van der Waals surface area contributed by atoms with Crippen molar-refractivity contribution in [1.29, 1.82) is 0 Å². The largest absolute Gasteiger partial charge is 0.573 e. The van der Waals surface area contributed by atoms with Crippen LogP contribution in [-0.4, -0.2) is 53.3 Å². The summed E-state index contributed by atoms with van der Waals surface area (Å²) < 4.78 is 72.9. The number of hydrogen-bond acceptors (Lipinski definition) is 7. The van der Waals surface area contributed by atoms with Gasteiger partial charge in [0.25, 0.3) is 10.0 Å². The molecule has 0 aliphatic heterocycles. The van der Waals surface area contributed by atoms with E-state index in [9.17, 15) is 36.6 Å². The Morgan fingerprint density at radius 1 is 0.915 bits per heavy atom. The van der Waals surface area contributed by atoms with Gasteiger partial charge >= 0.3 is 6.36 Å². The maximum atomic E-state index is 14.7. The Balaban J connectivity index is 1.28. The second-order valence-electron chi connectivity index (χ2n) is 16.1. The van der Waals surface area contributed by atoms with E-state index in [0.29, 0.717) is 55.2 Å². The van der Waals surface area contributed by atoms with E-state index in [2.05, 4.69) is 10.8 Å². The van der Waals surface area contributed by atoms with E-state index in [4.69, 9.17) is 0 Å². The fraction of sp³-hybridized carbons (Fsp3) is 0.340. The molecule has 12 heteroatoms. The number of thiophene rings is 1. The summed E-state index contributed by atoms with van der Waals surface area (Å²) in [7, 11) is -4.19. The first-order chi connectivity index (χ1) is 28.0. The lowest BCUT2D eigenvalue weighted by molar-refractivity contribution is -0.274. The molecule has 3 aliphatic carbocycles. The molecule has 1 aromatic heterocycles. The Kier molecular flexibility index (Phi) is 12.4. The fourth-order valence-corrected chi connectivity index (χ4v) is 11.5. The summed E-state index contributed by atoms with van der Waals surface area (Å²) in [6.07, 6.45) is -0.0766. The zero-order chi connectivity index (χ0) is 42.0. The molecule has 3 aliphatic rings. The van der Waals surface area contributed by atoms with Crippen molar-refractivity contribution in [3.63, 3.8) is 0 Å². The van der Waals surface area contributed by atoms with Gasteiger partial charge in [0.1, 0.15) is 9.96 Å². The SMILES string of the molecule is CC1=CCC[C@@]2(C)[C@@H](CC[C@@]2(O)CN(Cc2ccc(OC(F)(F)F)cc2)S(=O)(=O)c2cccs2)c2ccc(cc2C(=O)c2ccc(-c3ccccc3)cc2)C[C@@H](O)CC1. The number of ether oxygens (including phenoxy) is 1. The number of alkyl halides is 3. The third-order valence-corrected chi connectivity index (χ3v) is 15.4. The van der Waals surface area contributed by atoms with Crippen LogP contribution in [0.5, 0.6) is 5.75 Å². The molecule has 0 unspecified atom stereocenters. The molecule has 310 valence electrons. The number of carbonyl (C=O) groups is 1. The van der Waals surface area contributed by atoms with Crippen molar-refractivity contribution in [1.82, 2.24) is 4.31 Å². The molecule has 7 nitrogen and oxygen atoms in total. The average molecular weight is 844 g/mol. The maximum absolute atomic E-state index is 14.7. The number of halogens is 3. The van der Waals surface area contributed by atoms with Crippen LogP contribution < -0.4 is 4.74 Å². The molecule has 0 saturated heterocycles. The molecule has 8 rings (SSSR count). The third-order valence-electron chi connectivity index (χ3n) is 12.2. The Bertz CT molecular complexity index is 2380. The molecular weight excluding hydrogens is 796 g/mol. The number of allylic oxidation sites excluding steroid dienone is 2. The summed E-state index contributed by atoms with van der Waals surface area (Å²) in [6, 6.07) is 31.3. The van der Waals surface area contributed by atoms with Crippen molar-refractivity contribution in [2.24, 2.45) is 5.41 Å². The molecule has 5 aromatic rings. The number of aliphatic hydroxyl groups excluding tert-OH is 1. The van der Waals surface area contributed by atoms with Crippen LogP contribution in [0.4, 0.5) is 13.2 Å². The molecular formula is C47H48F3NO6S2. The molecule has 0 spiro atoms. The maximum Gasteiger partial charge on any atom is 0.573 e. The van der Waals surface area contributed by atoms with Gasteiger partial charge in [0.05, 0.1) is 11.7 Å². The number of carbonyl (C=O) groups excluding carboxylic acids is 1. The molecule has 0 amide bonds. The van der Waals surface area contributed by atoms with Gasteiger partial charge in [0.2, 0.25) is 0 Å². The number of aliphatic hydroxyl groups is 2. The van der Waals surface area contributed by atoms with Crippen molar-refractivity contribution >= 4 is 27.1 Å². The number of nitrogens with zero attached hydrogens (tertiary/aromatic N) is 1. The lowest BCUT2D eigenvalue weighted by atomic mass is 9.64. The zero-order valence-corrected chi connectivity index (χ0v) is 34.6. The average Bonchev–Trinajstić information content (AvgIpc) is 3.84. The quantitative estimate of drug-likeness (QED) is 0.107. The first-order valence-electron chi connectivity index (χ1n) is 19.8. The standard InChI is InChI=1S/C47H48F3NO6S2/c1-32-8-6-25-45(2)42(24-26-46(45,54)31-51(59(55,56)43-11-7-27-58-43)30-33-13-21-39(22-14-33)57-47(48,49)50)40-23-15-34(28-38(52)20-12-32)29-41(40)44(53)37-18-16-36(17-19-37)35-9-4-3-5-10-35/h3-5,7-11,13-19,21-23,27,29,38,42,52,54H,6,12,20,24-26,28,30-31H2,1-2H3/t38-,42-,45-,46+/m0/s1. The van der Waals surface area contributed by atoms with Crippen LogP contribution in [0.2, 0.25) is 0 Å². The van der Waals surface area contributed by atoms with E-state index in [1.54, 1.807) is 11.4 Å². The molecule has 1 saturated carbocycles. The van der Waals surface area contributed by atoms with E-state index < -0.39 is 39.3 Å². The van der Waals surface area contributed by atoms with E-state index in [-0.39, 0.29) is 35.4 Å². The first-order valence-corrected chi connectivity index (χ1v) is 22.1. The van der Waals surface area contributed by atoms with Crippen molar-refractivity contribution in [3.05, 3.63) is 154 Å². The number of benzene rings is 4. The van der Waals surface area contributed by atoms with E-state index in [1.807, 2.05) is 86.6 Å². The smallest absolute Gasteiger partial charge is 0.406 e. The van der Waals surface area contributed by atoms with Crippen molar-refractivity contribution in [2.45, 2.75) is 93.5 Å². The van der Waals surface area contributed by atoms with Crippen molar-refractivity contribution in [3.8, 4) is 16.9 Å². The number of rotatable bonds is 10. The highest BCUT2D eigenvalue weighted by Crippen LogP contribution is 2.59. The van der Waals surface area contributed by atoms with Gasteiger partial charge in [-0.15, -0.1) is 24.5 Å². The van der Waals surface area contributed by atoms with Gasteiger partial charge in [0, 0.05) is 29.6 Å². The van der Waals surface area contributed by atoms with Crippen LogP contribution in [0.25, 0.3) is 11.1 Å². The molecule has 59 heavy (non-hydrogen) atoms. The molecule has 1 heterocycles. The summed E-state index contributed by atoms with van der Waals surface area (Å²) in [6.45, 7) is 3.50. The van der Waals surface area contributed by atoms with E-state index in [1.165, 1.54) is 22.5 Å². The number of ketones is 1. The predicted molar refractivity (Wildman–Crippen MR) is 224 cm³/mol. The number of hydrogen-bond donors (Lipinski definition) is 2. The first kappa shape index (κ1) is 42.5. The minimum absolute atomic E-state index is 0.0753. The monoisotopic (exact) mass is 843 g/mol. The van der Waals surface area contributed by atoms with Crippen LogP contribution >= 0.6 is 11.3 Å². The zero-order valence-electron chi connectivity index (χ0n) is 33.0. The highest BCUT2D eigenvalue weighted by atomic mass is 32.2. The fourth-order valence-electron chi connectivity index (χ4n) is 8.85. The van der Waals surface area contributed by atoms with Crippen molar-refractivity contribution < 1.29 is 41.3 Å². The molecule has 4 atom stereocenters. The third kappa shape index (κ3) is 9.42. The Morgan fingerprint density at radius 2 is 1.63 bits per heavy atom. The topological polar surface area (TPSA) is 104 Å². The Labute approximate surface area is 347 Å². The highest BCUT2D eigenvalue weighted by molar-refractivity contribution is 7.91. The summed E-state index contributed by atoms with van der Waals surface area (Å²) in [5.41, 5.74) is 3.53. The Morgan fingerprint density at radius 3 is 2.31 bits per heavy atom. The van der Waals surface area contributed by atoms with Crippen LogP contribution in [-0.2, 0) is 23.0 Å². The van der Waals surface area contributed by atoms with Crippen molar-refractivity contribution in [2.75, 3.05) is 6.54 Å². The summed E-state index contributed by atoms with van der Waals surface area (Å²) in [5, 5.41) is 25.8. The minimum atomic E-state index is -4.88. The van der Waals surface area contributed by atoms with E-state index >= 15 is 0 Å². The second kappa shape index (κ2) is 17.2. The second-order valence-corrected chi connectivity index (χ2v) is 19.2. The normalized spacial score (nSPS) is 22.7. The van der Waals surface area contributed by atoms with Gasteiger partial charge in [0.15, 0.2) is 5.78 Å². The molecule has 2 N–H and O–H groups in total. The number of sulfonamides is 1. The van der Waals surface area contributed by atoms with Crippen LogP contribution in [0, 0.1) is 5.41 Å². The lowest BCUT2D eigenvalue weighted by Gasteiger charge is -2.46. The molecule has 0 radical (unpaired) electrons. The molecule has 1 fully saturated rings. The van der Waals surface area contributed by atoms with Gasteiger partial charge in [-0.1, -0.05) is 104 Å². The number of fused-ring (bicyclic) bond motifs is 8. The summed E-state index contributed by atoms with van der Waals surface area (Å²) >= 11 is 1.04. The highest BCUT2D eigenvalue weighted by Gasteiger charge is 2.58. The summed E-state index contributed by atoms with van der Waals surface area (Å²) in [5.74, 6) is -0.980. The Hall–Kier alpha value is -4.59. The predicted octanol–water partition coefficient (Wildman–Crippen LogP) is 10.5. The van der Waals surface area contributed by atoms with Crippen LogP contribution in [0.15, 0.2) is 130 Å². The van der Waals surface area contributed by atoms with Gasteiger partial charge in [-0.2, -0.15) is 4.31 Å².